The zero-order valence-corrected chi connectivity index (χ0v) is 17.7. The summed E-state index contributed by atoms with van der Waals surface area (Å²) in [5.74, 6) is -0.318. The predicted octanol–water partition coefficient (Wildman–Crippen LogP) is 2.78. The molecule has 11 heteroatoms. The highest BCUT2D eigenvalue weighted by Gasteiger charge is 2.27. The molecule has 1 aliphatic heterocycles. The summed E-state index contributed by atoms with van der Waals surface area (Å²) < 4.78 is 29.7. The van der Waals surface area contributed by atoms with Crippen LogP contribution in [0.3, 0.4) is 0 Å². The van der Waals surface area contributed by atoms with Crippen molar-refractivity contribution in [3.8, 4) is 10.6 Å². The maximum absolute atomic E-state index is 14.1. The first-order valence-corrected chi connectivity index (χ1v) is 10.7. The molecule has 3 heterocycles. The summed E-state index contributed by atoms with van der Waals surface area (Å²) in [5, 5.41) is 7.52. The second-order valence-corrected chi connectivity index (χ2v) is 8.45. The van der Waals surface area contributed by atoms with Gasteiger partial charge in [0.15, 0.2) is 11.5 Å². The molecule has 1 saturated heterocycles. The molecule has 0 bridgehead atoms. The van der Waals surface area contributed by atoms with E-state index in [1.165, 1.54) is 12.3 Å². The van der Waals surface area contributed by atoms with Crippen LogP contribution in [0.25, 0.3) is 10.6 Å². The van der Waals surface area contributed by atoms with Gasteiger partial charge in [0, 0.05) is 31.7 Å². The first-order chi connectivity index (χ1) is 14.8. The molecule has 1 fully saturated rings. The Morgan fingerprint density at radius 3 is 2.81 bits per heavy atom. The number of aryl methyl sites for hydroxylation is 1. The monoisotopic (exact) mass is 447 g/mol. The van der Waals surface area contributed by atoms with Gasteiger partial charge in [-0.1, -0.05) is 23.5 Å². The number of nitrogens with one attached hydrogen (secondary N) is 1. The first kappa shape index (κ1) is 21.2. The number of rotatable bonds is 4. The lowest BCUT2D eigenvalue weighted by Gasteiger charge is -2.24. The summed E-state index contributed by atoms with van der Waals surface area (Å²) in [6, 6.07) is 5.66. The number of carbonyl (C=O) groups excluding carboxylic acids is 1. The fourth-order valence-corrected chi connectivity index (χ4v) is 4.48. The minimum Gasteiger partial charge on any atom is -0.389 e. The lowest BCUT2D eigenvalue weighted by atomic mass is 10.1. The Balaban J connectivity index is 1.57. The molecule has 0 spiro atoms. The molecule has 2 aromatic heterocycles. The Morgan fingerprint density at radius 2 is 2.03 bits per heavy atom. The van der Waals surface area contributed by atoms with Crippen molar-refractivity contribution >= 4 is 33.8 Å². The number of hydrogen-bond donors (Lipinski definition) is 3. The number of hydrogen-bond acceptors (Lipinski definition) is 7. The maximum atomic E-state index is 14.1. The molecule has 1 aromatic carbocycles. The average Bonchev–Trinajstić information content (AvgIpc) is 3.25. The van der Waals surface area contributed by atoms with Crippen molar-refractivity contribution < 1.29 is 13.6 Å². The molecule has 4 rings (SSSR count). The standard InChI is InChI=1S/C20H23F2N7OS/c1-28-20(29-8-6-13(22)14(23)7-9-29)15(10-25-28)26-18(30)16-17(24)31-19(27-16)11-4-2-3-5-12(11)21/h2-5,10,13-14H,6-9,23-24H2,1H3,(H,26,30)/t13-,14-/m1/s1. The van der Waals surface area contributed by atoms with Crippen molar-refractivity contribution in [3.05, 3.63) is 42.0 Å². The molecule has 3 aromatic rings. The van der Waals surface area contributed by atoms with Crippen LogP contribution in [0.2, 0.25) is 0 Å². The highest BCUT2D eigenvalue weighted by Crippen LogP contribution is 2.33. The molecule has 1 amide bonds. The summed E-state index contributed by atoms with van der Waals surface area (Å²) in [6.07, 6.45) is 1.24. The van der Waals surface area contributed by atoms with Crippen LogP contribution in [-0.4, -0.2) is 46.0 Å². The van der Waals surface area contributed by atoms with E-state index in [-0.39, 0.29) is 16.3 Å². The van der Waals surface area contributed by atoms with Crippen LogP contribution >= 0.6 is 11.3 Å². The molecule has 0 radical (unpaired) electrons. The predicted molar refractivity (Wildman–Crippen MR) is 117 cm³/mol. The zero-order valence-electron chi connectivity index (χ0n) is 16.9. The average molecular weight is 448 g/mol. The second-order valence-electron chi connectivity index (χ2n) is 7.42. The molecule has 0 saturated carbocycles. The molecule has 5 N–H and O–H groups in total. The van der Waals surface area contributed by atoms with E-state index in [0.717, 1.165) is 11.3 Å². The van der Waals surface area contributed by atoms with Crippen LogP contribution in [0.15, 0.2) is 30.5 Å². The lowest BCUT2D eigenvalue weighted by molar-refractivity contribution is 0.102. The van der Waals surface area contributed by atoms with E-state index >= 15 is 0 Å². The van der Waals surface area contributed by atoms with E-state index in [1.54, 1.807) is 29.9 Å². The number of nitrogen functional groups attached to an aromatic ring is 1. The number of halogens is 2. The van der Waals surface area contributed by atoms with E-state index in [1.807, 2.05) is 4.90 Å². The van der Waals surface area contributed by atoms with E-state index in [4.69, 9.17) is 11.5 Å². The van der Waals surface area contributed by atoms with Gasteiger partial charge < -0.3 is 21.7 Å². The number of amides is 1. The highest BCUT2D eigenvalue weighted by molar-refractivity contribution is 7.19. The topological polar surface area (TPSA) is 115 Å². The Bertz CT molecular complexity index is 1090. The van der Waals surface area contributed by atoms with E-state index in [0.29, 0.717) is 42.4 Å². The summed E-state index contributed by atoms with van der Waals surface area (Å²) in [4.78, 5) is 19.1. The number of nitrogens with zero attached hydrogens (tertiary/aromatic N) is 4. The Hall–Kier alpha value is -3.05. The van der Waals surface area contributed by atoms with Gasteiger partial charge >= 0.3 is 0 Å². The largest absolute Gasteiger partial charge is 0.389 e. The SMILES string of the molecule is Cn1ncc(NC(=O)c2nc(-c3ccccc3F)sc2N)c1N1CC[C@@H](N)[C@H](F)CC1. The Kier molecular flexibility index (Phi) is 5.88. The molecule has 31 heavy (non-hydrogen) atoms. The third-order valence-electron chi connectivity index (χ3n) is 5.30. The molecule has 2 atom stereocenters. The van der Waals surface area contributed by atoms with Crippen LogP contribution < -0.4 is 21.7 Å². The van der Waals surface area contributed by atoms with Gasteiger partial charge in [0.1, 0.15) is 27.7 Å². The Morgan fingerprint density at radius 1 is 1.29 bits per heavy atom. The number of nitrogens with two attached hydrogens (primary N) is 2. The number of carbonyl (C=O) groups is 1. The van der Waals surface area contributed by atoms with E-state index < -0.39 is 23.9 Å². The van der Waals surface area contributed by atoms with Gasteiger partial charge in [-0.05, 0) is 25.0 Å². The quantitative estimate of drug-likeness (QED) is 0.567. The van der Waals surface area contributed by atoms with E-state index in [9.17, 15) is 13.6 Å². The maximum Gasteiger partial charge on any atom is 0.277 e. The van der Waals surface area contributed by atoms with E-state index in [2.05, 4.69) is 15.4 Å². The van der Waals surface area contributed by atoms with Gasteiger partial charge in [-0.15, -0.1) is 0 Å². The third-order valence-corrected chi connectivity index (χ3v) is 6.22. The summed E-state index contributed by atoms with van der Waals surface area (Å²) >= 11 is 1.04. The zero-order chi connectivity index (χ0) is 22.1. The minimum atomic E-state index is -1.07. The van der Waals surface area contributed by atoms with Gasteiger partial charge in [0.2, 0.25) is 0 Å². The second kappa shape index (κ2) is 8.60. The number of anilines is 3. The van der Waals surface area contributed by atoms with Gasteiger partial charge in [-0.2, -0.15) is 5.10 Å². The first-order valence-electron chi connectivity index (χ1n) is 9.84. The van der Waals surface area contributed by atoms with Crippen LogP contribution in [0.4, 0.5) is 25.3 Å². The van der Waals surface area contributed by atoms with Gasteiger partial charge in [0.25, 0.3) is 5.91 Å². The number of aromatic nitrogens is 3. The molecule has 0 aliphatic carbocycles. The van der Waals surface area contributed by atoms with Crippen molar-refractivity contribution in [2.24, 2.45) is 12.8 Å². The number of thiazole rings is 1. The molecular formula is C20H23F2N7OS. The van der Waals surface area contributed by atoms with Crippen LogP contribution in [-0.2, 0) is 7.05 Å². The van der Waals surface area contributed by atoms with Crippen molar-refractivity contribution in [1.29, 1.82) is 0 Å². The minimum absolute atomic E-state index is 0.0137. The van der Waals surface area contributed by atoms with Gasteiger partial charge in [-0.3, -0.25) is 9.48 Å². The molecular weight excluding hydrogens is 424 g/mol. The lowest BCUT2D eigenvalue weighted by Crippen LogP contribution is -2.31. The normalized spacial score (nSPS) is 19.3. The van der Waals surface area contributed by atoms with Gasteiger partial charge in [0.05, 0.1) is 6.20 Å². The van der Waals surface area contributed by atoms with Crippen molar-refractivity contribution in [3.63, 3.8) is 0 Å². The molecule has 0 unspecified atom stereocenters. The van der Waals surface area contributed by atoms with Crippen molar-refractivity contribution in [2.75, 3.05) is 29.0 Å². The van der Waals surface area contributed by atoms with Crippen molar-refractivity contribution in [2.45, 2.75) is 25.1 Å². The number of benzene rings is 1. The molecule has 164 valence electrons. The summed E-state index contributed by atoms with van der Waals surface area (Å²) in [5.41, 5.74) is 12.6. The van der Waals surface area contributed by atoms with Gasteiger partial charge in [-0.25, -0.2) is 13.8 Å². The fourth-order valence-electron chi connectivity index (χ4n) is 3.62. The summed E-state index contributed by atoms with van der Waals surface area (Å²) in [6.45, 7) is 0.994. The summed E-state index contributed by atoms with van der Waals surface area (Å²) in [7, 11) is 1.75. The van der Waals surface area contributed by atoms with Crippen LogP contribution in [0.1, 0.15) is 23.3 Å². The van der Waals surface area contributed by atoms with Crippen molar-refractivity contribution in [1.82, 2.24) is 14.8 Å². The Labute approximate surface area is 181 Å². The fraction of sp³-hybridized carbons (Fsp3) is 0.350. The highest BCUT2D eigenvalue weighted by atomic mass is 32.1. The third kappa shape index (κ3) is 4.23. The smallest absolute Gasteiger partial charge is 0.277 e. The molecule has 8 nitrogen and oxygen atoms in total. The van der Waals surface area contributed by atoms with Crippen LogP contribution in [0, 0.1) is 5.82 Å². The molecule has 1 aliphatic rings. The van der Waals surface area contributed by atoms with Crippen LogP contribution in [0.5, 0.6) is 0 Å². The number of alkyl halides is 1.